The Bertz CT molecular complexity index is 1290. The van der Waals surface area contributed by atoms with Gasteiger partial charge in [-0.25, -0.2) is 9.78 Å². The highest BCUT2D eigenvalue weighted by atomic mass is 127. The van der Waals surface area contributed by atoms with E-state index in [9.17, 15) is 9.59 Å². The monoisotopic (exact) mass is 536 g/mol. The average molecular weight is 536 g/mol. The van der Waals surface area contributed by atoms with E-state index in [1.54, 1.807) is 0 Å². The minimum Gasteiger partial charge on any atom is -0.340 e. The van der Waals surface area contributed by atoms with Gasteiger partial charge in [-0.2, -0.15) is 0 Å². The van der Waals surface area contributed by atoms with Crippen LogP contribution in [-0.2, 0) is 4.79 Å². The fraction of sp³-hybridized carbons (Fsp3) is 0.160. The number of rotatable bonds is 5. The second kappa shape index (κ2) is 8.38. The van der Waals surface area contributed by atoms with Crippen molar-refractivity contribution in [3.63, 3.8) is 0 Å². The molecular formula is C25H21IN4O2. The van der Waals surface area contributed by atoms with Crippen LogP contribution in [0.15, 0.2) is 78.9 Å². The van der Waals surface area contributed by atoms with Crippen molar-refractivity contribution in [1.29, 1.82) is 0 Å². The Kier molecular flexibility index (Phi) is 5.42. The SMILES string of the molecule is C[C@H](c1ccccc1)[C@@H](c1nc2ccc(I)cc2[nH]1)N1C(=O)N[C@H](c2ccccc2)C1=O. The number of urea groups is 1. The number of imide groups is 1. The van der Waals surface area contributed by atoms with Crippen molar-refractivity contribution in [2.24, 2.45) is 0 Å². The molecule has 6 nitrogen and oxygen atoms in total. The minimum absolute atomic E-state index is 0.167. The summed E-state index contributed by atoms with van der Waals surface area (Å²) in [6, 6.07) is 23.5. The first kappa shape index (κ1) is 20.7. The Hall–Kier alpha value is -3.20. The van der Waals surface area contributed by atoms with Crippen molar-refractivity contribution in [3.8, 4) is 0 Å². The van der Waals surface area contributed by atoms with Crippen molar-refractivity contribution in [2.45, 2.75) is 24.9 Å². The zero-order chi connectivity index (χ0) is 22.2. The molecule has 1 aliphatic heterocycles. The molecule has 3 aromatic carbocycles. The van der Waals surface area contributed by atoms with Gasteiger partial charge < -0.3 is 10.3 Å². The van der Waals surface area contributed by atoms with Crippen molar-refractivity contribution in [1.82, 2.24) is 20.2 Å². The van der Waals surface area contributed by atoms with Gasteiger partial charge in [0.25, 0.3) is 5.91 Å². The van der Waals surface area contributed by atoms with E-state index in [4.69, 9.17) is 4.98 Å². The van der Waals surface area contributed by atoms with Gasteiger partial charge in [0.1, 0.15) is 17.9 Å². The molecule has 0 bridgehead atoms. The number of fused-ring (bicyclic) bond motifs is 1. The summed E-state index contributed by atoms with van der Waals surface area (Å²) in [5, 5.41) is 2.86. The zero-order valence-corrected chi connectivity index (χ0v) is 19.5. The van der Waals surface area contributed by atoms with Gasteiger partial charge in [-0.15, -0.1) is 0 Å². The lowest BCUT2D eigenvalue weighted by atomic mass is 9.91. The lowest BCUT2D eigenvalue weighted by Crippen LogP contribution is -2.38. The Labute approximate surface area is 199 Å². The summed E-state index contributed by atoms with van der Waals surface area (Å²) in [5.41, 5.74) is 3.47. The van der Waals surface area contributed by atoms with Crippen molar-refractivity contribution >= 4 is 45.6 Å². The molecule has 2 N–H and O–H groups in total. The van der Waals surface area contributed by atoms with Gasteiger partial charge in [0, 0.05) is 9.49 Å². The third-order valence-electron chi connectivity index (χ3n) is 5.92. The lowest BCUT2D eigenvalue weighted by Gasteiger charge is -2.29. The van der Waals surface area contributed by atoms with Gasteiger partial charge in [-0.1, -0.05) is 67.6 Å². The highest BCUT2D eigenvalue weighted by molar-refractivity contribution is 14.1. The van der Waals surface area contributed by atoms with E-state index in [2.05, 4.69) is 32.9 Å². The van der Waals surface area contributed by atoms with Crippen LogP contribution in [0.3, 0.4) is 0 Å². The number of carbonyl (C=O) groups excluding carboxylic acids is 2. The summed E-state index contributed by atoms with van der Waals surface area (Å²) in [5.74, 6) is 0.152. The molecule has 0 saturated carbocycles. The van der Waals surface area contributed by atoms with Crippen LogP contribution in [0, 0.1) is 3.57 Å². The maximum atomic E-state index is 13.5. The highest BCUT2D eigenvalue weighted by Gasteiger charge is 2.46. The quantitative estimate of drug-likeness (QED) is 0.268. The molecule has 0 unspecified atom stereocenters. The number of amides is 3. The molecule has 1 aromatic heterocycles. The van der Waals surface area contributed by atoms with Gasteiger partial charge in [0.15, 0.2) is 0 Å². The van der Waals surface area contributed by atoms with Crippen LogP contribution >= 0.6 is 22.6 Å². The smallest absolute Gasteiger partial charge is 0.325 e. The van der Waals surface area contributed by atoms with Gasteiger partial charge in [0.2, 0.25) is 0 Å². The number of imidazole rings is 1. The van der Waals surface area contributed by atoms with E-state index in [1.165, 1.54) is 4.90 Å². The van der Waals surface area contributed by atoms with Crippen LogP contribution in [0.2, 0.25) is 0 Å². The minimum atomic E-state index is -0.709. The molecule has 1 fully saturated rings. The highest BCUT2D eigenvalue weighted by Crippen LogP contribution is 2.39. The van der Waals surface area contributed by atoms with Crippen LogP contribution < -0.4 is 5.32 Å². The summed E-state index contributed by atoms with van der Waals surface area (Å²) in [4.78, 5) is 36.2. The fourth-order valence-corrected chi connectivity index (χ4v) is 4.78. The van der Waals surface area contributed by atoms with Crippen molar-refractivity contribution in [3.05, 3.63) is 99.4 Å². The van der Waals surface area contributed by atoms with E-state index in [1.807, 2.05) is 85.8 Å². The predicted molar refractivity (Wildman–Crippen MR) is 131 cm³/mol. The Morgan fingerprint density at radius 1 is 0.969 bits per heavy atom. The molecule has 3 amide bonds. The second-order valence-corrected chi connectivity index (χ2v) is 9.17. The van der Waals surface area contributed by atoms with Gasteiger partial charge in [-0.3, -0.25) is 9.69 Å². The van der Waals surface area contributed by atoms with Gasteiger partial charge in [0.05, 0.1) is 11.0 Å². The van der Waals surface area contributed by atoms with Gasteiger partial charge in [-0.05, 0) is 51.9 Å². The Balaban J connectivity index is 1.60. The normalized spacial score (nSPS) is 18.1. The summed E-state index contributed by atoms with van der Waals surface area (Å²) >= 11 is 2.25. The number of nitrogens with one attached hydrogen (secondary N) is 2. The van der Waals surface area contributed by atoms with E-state index in [-0.39, 0.29) is 11.8 Å². The summed E-state index contributed by atoms with van der Waals surface area (Å²) in [7, 11) is 0. The maximum Gasteiger partial charge on any atom is 0.325 e. The number of H-pyrrole nitrogens is 1. The van der Waals surface area contributed by atoms with Crippen molar-refractivity contribution in [2.75, 3.05) is 0 Å². The average Bonchev–Trinajstić information content (AvgIpc) is 3.36. The number of aromatic nitrogens is 2. The first-order valence-electron chi connectivity index (χ1n) is 10.4. The van der Waals surface area contributed by atoms with Crippen LogP contribution in [0.5, 0.6) is 0 Å². The molecule has 160 valence electrons. The second-order valence-electron chi connectivity index (χ2n) is 7.93. The molecular weight excluding hydrogens is 515 g/mol. The molecule has 0 aliphatic carbocycles. The molecule has 1 aliphatic rings. The van der Waals surface area contributed by atoms with E-state index < -0.39 is 18.1 Å². The fourth-order valence-electron chi connectivity index (χ4n) is 4.29. The number of carbonyl (C=O) groups is 2. The molecule has 1 saturated heterocycles. The molecule has 4 aromatic rings. The Morgan fingerprint density at radius 3 is 2.38 bits per heavy atom. The third kappa shape index (κ3) is 3.66. The predicted octanol–water partition coefficient (Wildman–Crippen LogP) is 5.31. The number of benzene rings is 3. The van der Waals surface area contributed by atoms with Crippen LogP contribution in [0.1, 0.15) is 41.9 Å². The van der Waals surface area contributed by atoms with Crippen LogP contribution in [0.4, 0.5) is 4.79 Å². The topological polar surface area (TPSA) is 78.1 Å². The Morgan fingerprint density at radius 2 is 1.66 bits per heavy atom. The molecule has 7 heteroatoms. The van der Waals surface area contributed by atoms with E-state index in [0.717, 1.165) is 25.7 Å². The molecule has 32 heavy (non-hydrogen) atoms. The van der Waals surface area contributed by atoms with Crippen LogP contribution in [0.25, 0.3) is 11.0 Å². The largest absolute Gasteiger partial charge is 0.340 e. The number of hydrogen-bond donors (Lipinski definition) is 2. The first-order valence-corrected chi connectivity index (χ1v) is 11.5. The summed E-state index contributed by atoms with van der Waals surface area (Å²) < 4.78 is 1.08. The number of hydrogen-bond acceptors (Lipinski definition) is 3. The van der Waals surface area contributed by atoms with Crippen LogP contribution in [-0.4, -0.2) is 26.8 Å². The molecule has 0 spiro atoms. The number of aromatic amines is 1. The number of nitrogens with zero attached hydrogens (tertiary/aromatic N) is 2. The maximum absolute atomic E-state index is 13.5. The lowest BCUT2D eigenvalue weighted by molar-refractivity contribution is -0.129. The van der Waals surface area contributed by atoms with E-state index in [0.29, 0.717) is 5.82 Å². The van der Waals surface area contributed by atoms with Gasteiger partial charge >= 0.3 is 6.03 Å². The van der Waals surface area contributed by atoms with Crippen molar-refractivity contribution < 1.29 is 9.59 Å². The molecule has 3 atom stereocenters. The standard InChI is InChI=1S/C25H21IN4O2/c1-15(16-8-4-2-5-9-16)22(23-27-19-13-12-18(26)14-20(19)28-23)30-24(31)21(29-25(30)32)17-10-6-3-7-11-17/h2-15,21-22H,1H3,(H,27,28)(H,29,32)/t15-,21-,22+/m1/s1. The summed E-state index contributed by atoms with van der Waals surface area (Å²) in [6.07, 6.45) is 0. The molecule has 5 rings (SSSR count). The zero-order valence-electron chi connectivity index (χ0n) is 17.3. The van der Waals surface area contributed by atoms with E-state index >= 15 is 0 Å². The molecule has 2 heterocycles. The number of halogens is 1. The summed E-state index contributed by atoms with van der Waals surface area (Å²) in [6.45, 7) is 2.02. The molecule has 0 radical (unpaired) electrons. The first-order chi connectivity index (χ1) is 15.5. The third-order valence-corrected chi connectivity index (χ3v) is 6.59.